The molecule has 0 spiro atoms. The molecular weight excluding hydrogens is 326 g/mol. The lowest BCUT2D eigenvalue weighted by molar-refractivity contribution is -0.121. The lowest BCUT2D eigenvalue weighted by atomic mass is 10.1. The van der Waals surface area contributed by atoms with E-state index in [9.17, 15) is 13.2 Å². The molecule has 1 aromatic rings. The Bertz CT molecular complexity index is 680. The molecule has 7 heteroatoms. The average Bonchev–Trinajstić information content (AvgIpc) is 3.44. The molecule has 2 fully saturated rings. The van der Waals surface area contributed by atoms with Gasteiger partial charge in [0.25, 0.3) is 0 Å². The summed E-state index contributed by atoms with van der Waals surface area (Å²) in [6.07, 6.45) is 5.13. The molecule has 4 N–H and O–H groups in total. The first-order valence-electron chi connectivity index (χ1n) is 8.57. The summed E-state index contributed by atoms with van der Waals surface area (Å²) in [7, 11) is -3.41. The van der Waals surface area contributed by atoms with E-state index in [1.54, 1.807) is 24.3 Å². The van der Waals surface area contributed by atoms with Crippen LogP contribution in [0.3, 0.4) is 0 Å². The SMILES string of the molecule is NC(CNC(=O)CCc1ccc(S(=O)(=O)NC2CC2)cc1)C1CC1. The molecule has 0 aromatic heterocycles. The predicted molar refractivity (Wildman–Crippen MR) is 91.8 cm³/mol. The van der Waals surface area contributed by atoms with E-state index in [2.05, 4.69) is 10.0 Å². The van der Waals surface area contributed by atoms with Gasteiger partial charge in [0.2, 0.25) is 15.9 Å². The summed E-state index contributed by atoms with van der Waals surface area (Å²) in [6, 6.07) is 6.90. The summed E-state index contributed by atoms with van der Waals surface area (Å²) in [5.74, 6) is 0.558. The van der Waals surface area contributed by atoms with Gasteiger partial charge in [-0.1, -0.05) is 12.1 Å². The van der Waals surface area contributed by atoms with Crippen LogP contribution in [0, 0.1) is 5.92 Å². The lowest BCUT2D eigenvalue weighted by Gasteiger charge is -2.11. The van der Waals surface area contributed by atoms with Gasteiger partial charge in [-0.3, -0.25) is 4.79 Å². The van der Waals surface area contributed by atoms with Crippen LogP contribution in [0.5, 0.6) is 0 Å². The van der Waals surface area contributed by atoms with Gasteiger partial charge in [0.15, 0.2) is 0 Å². The Morgan fingerprint density at radius 2 is 1.83 bits per heavy atom. The average molecular weight is 351 g/mol. The molecule has 3 rings (SSSR count). The number of hydrogen-bond donors (Lipinski definition) is 3. The number of carbonyl (C=O) groups is 1. The summed E-state index contributed by atoms with van der Waals surface area (Å²) in [5.41, 5.74) is 6.90. The Labute approximate surface area is 143 Å². The van der Waals surface area contributed by atoms with E-state index in [0.29, 0.717) is 25.3 Å². The Morgan fingerprint density at radius 3 is 2.42 bits per heavy atom. The molecule has 0 aliphatic heterocycles. The van der Waals surface area contributed by atoms with Gasteiger partial charge in [-0.05, 0) is 55.7 Å². The molecule has 2 saturated carbocycles. The molecule has 0 heterocycles. The van der Waals surface area contributed by atoms with Crippen LogP contribution in [0.2, 0.25) is 0 Å². The number of carbonyl (C=O) groups excluding carboxylic acids is 1. The topological polar surface area (TPSA) is 101 Å². The van der Waals surface area contributed by atoms with Crippen molar-refractivity contribution in [2.45, 2.75) is 55.5 Å². The number of amides is 1. The molecule has 24 heavy (non-hydrogen) atoms. The van der Waals surface area contributed by atoms with E-state index < -0.39 is 10.0 Å². The van der Waals surface area contributed by atoms with Crippen LogP contribution in [0.4, 0.5) is 0 Å². The van der Waals surface area contributed by atoms with Gasteiger partial charge in [0, 0.05) is 25.0 Å². The van der Waals surface area contributed by atoms with E-state index >= 15 is 0 Å². The van der Waals surface area contributed by atoms with Gasteiger partial charge in [-0.25, -0.2) is 13.1 Å². The van der Waals surface area contributed by atoms with Crippen LogP contribution < -0.4 is 15.8 Å². The lowest BCUT2D eigenvalue weighted by Crippen LogP contribution is -2.38. The fourth-order valence-corrected chi connectivity index (χ4v) is 3.90. The third kappa shape index (κ3) is 5.03. The summed E-state index contributed by atoms with van der Waals surface area (Å²) in [5, 5.41) is 2.87. The highest BCUT2D eigenvalue weighted by Crippen LogP contribution is 2.31. The summed E-state index contributed by atoms with van der Waals surface area (Å²) >= 11 is 0. The second-order valence-corrected chi connectivity index (χ2v) is 8.56. The molecule has 1 amide bonds. The minimum atomic E-state index is -3.41. The molecule has 2 aliphatic carbocycles. The third-order valence-corrected chi connectivity index (χ3v) is 6.07. The van der Waals surface area contributed by atoms with Gasteiger partial charge >= 0.3 is 0 Å². The summed E-state index contributed by atoms with van der Waals surface area (Å²) in [6.45, 7) is 0.535. The second kappa shape index (κ2) is 7.21. The molecular formula is C17H25N3O3S. The predicted octanol–water partition coefficient (Wildman–Crippen LogP) is 0.913. The van der Waals surface area contributed by atoms with Gasteiger partial charge in [0.05, 0.1) is 4.90 Å². The van der Waals surface area contributed by atoms with E-state index in [0.717, 1.165) is 18.4 Å². The smallest absolute Gasteiger partial charge is 0.240 e. The zero-order chi connectivity index (χ0) is 17.2. The molecule has 132 valence electrons. The van der Waals surface area contributed by atoms with Crippen LogP contribution in [0.1, 0.15) is 37.7 Å². The Balaban J connectivity index is 1.44. The van der Waals surface area contributed by atoms with Gasteiger partial charge < -0.3 is 11.1 Å². The molecule has 0 bridgehead atoms. The maximum absolute atomic E-state index is 12.1. The van der Waals surface area contributed by atoms with Crippen LogP contribution in [0.15, 0.2) is 29.2 Å². The maximum atomic E-state index is 12.1. The third-order valence-electron chi connectivity index (χ3n) is 4.54. The number of nitrogens with one attached hydrogen (secondary N) is 2. The minimum absolute atomic E-state index is 0.0156. The van der Waals surface area contributed by atoms with Crippen molar-refractivity contribution in [3.63, 3.8) is 0 Å². The van der Waals surface area contributed by atoms with Crippen molar-refractivity contribution >= 4 is 15.9 Å². The first kappa shape index (κ1) is 17.4. The Kier molecular flexibility index (Phi) is 5.22. The molecule has 0 saturated heterocycles. The molecule has 0 radical (unpaired) electrons. The highest BCUT2D eigenvalue weighted by atomic mass is 32.2. The van der Waals surface area contributed by atoms with Crippen molar-refractivity contribution in [1.82, 2.24) is 10.0 Å². The quantitative estimate of drug-likeness (QED) is 0.615. The maximum Gasteiger partial charge on any atom is 0.240 e. The molecule has 1 atom stereocenters. The van der Waals surface area contributed by atoms with Crippen molar-refractivity contribution < 1.29 is 13.2 Å². The van der Waals surface area contributed by atoms with E-state index in [1.165, 1.54) is 12.8 Å². The number of hydrogen-bond acceptors (Lipinski definition) is 4. The van der Waals surface area contributed by atoms with Crippen molar-refractivity contribution in [2.24, 2.45) is 11.7 Å². The molecule has 6 nitrogen and oxygen atoms in total. The fourth-order valence-electron chi connectivity index (χ4n) is 2.59. The van der Waals surface area contributed by atoms with Crippen molar-refractivity contribution in [1.29, 1.82) is 0 Å². The highest BCUT2D eigenvalue weighted by molar-refractivity contribution is 7.89. The van der Waals surface area contributed by atoms with Crippen LogP contribution in [-0.2, 0) is 21.2 Å². The van der Waals surface area contributed by atoms with Crippen molar-refractivity contribution in [3.05, 3.63) is 29.8 Å². The standard InChI is InChI=1S/C17H25N3O3S/c18-16(13-4-5-13)11-19-17(21)10-3-12-1-8-15(9-2-12)24(22,23)20-14-6-7-14/h1-2,8-9,13-14,16,20H,3-7,10-11,18H2,(H,19,21). The zero-order valence-corrected chi connectivity index (χ0v) is 14.5. The van der Waals surface area contributed by atoms with Gasteiger partial charge in [0.1, 0.15) is 0 Å². The van der Waals surface area contributed by atoms with Gasteiger partial charge in [-0.2, -0.15) is 0 Å². The van der Waals surface area contributed by atoms with E-state index in [4.69, 9.17) is 5.73 Å². The molecule has 2 aliphatic rings. The Hall–Kier alpha value is -1.44. The zero-order valence-electron chi connectivity index (χ0n) is 13.7. The first-order chi connectivity index (χ1) is 11.4. The van der Waals surface area contributed by atoms with Crippen molar-refractivity contribution in [2.75, 3.05) is 6.54 Å². The second-order valence-electron chi connectivity index (χ2n) is 6.84. The number of nitrogens with two attached hydrogens (primary N) is 1. The van der Waals surface area contributed by atoms with E-state index in [1.807, 2.05) is 0 Å². The van der Waals surface area contributed by atoms with Crippen molar-refractivity contribution in [3.8, 4) is 0 Å². The van der Waals surface area contributed by atoms with E-state index in [-0.39, 0.29) is 22.9 Å². The van der Waals surface area contributed by atoms with Gasteiger partial charge in [-0.15, -0.1) is 0 Å². The molecule has 1 aromatic carbocycles. The van der Waals surface area contributed by atoms with Crippen LogP contribution in [0.25, 0.3) is 0 Å². The number of benzene rings is 1. The normalized spacial score (nSPS) is 19.0. The summed E-state index contributed by atoms with van der Waals surface area (Å²) < 4.78 is 26.8. The highest BCUT2D eigenvalue weighted by Gasteiger charge is 2.29. The number of sulfonamides is 1. The minimum Gasteiger partial charge on any atom is -0.355 e. The van der Waals surface area contributed by atoms with Crippen LogP contribution in [-0.4, -0.2) is 33.0 Å². The van der Waals surface area contributed by atoms with Crippen LogP contribution >= 0.6 is 0 Å². The summed E-state index contributed by atoms with van der Waals surface area (Å²) in [4.78, 5) is 12.1. The number of rotatable bonds is 9. The number of aryl methyl sites for hydroxylation is 1. The molecule has 1 unspecified atom stereocenters. The monoisotopic (exact) mass is 351 g/mol. The Morgan fingerprint density at radius 1 is 1.17 bits per heavy atom. The fraction of sp³-hybridized carbons (Fsp3) is 0.588. The largest absolute Gasteiger partial charge is 0.355 e. The first-order valence-corrected chi connectivity index (χ1v) is 10.1.